The molecular weight excluding hydrogens is 245 g/mol. The molecular formula is C13H12FN5. The van der Waals surface area contributed by atoms with E-state index in [2.05, 4.69) is 10.1 Å². The van der Waals surface area contributed by atoms with Gasteiger partial charge in [0.1, 0.15) is 5.82 Å². The lowest BCUT2D eigenvalue weighted by Crippen LogP contribution is -1.98. The van der Waals surface area contributed by atoms with E-state index in [1.807, 2.05) is 17.8 Å². The molecule has 19 heavy (non-hydrogen) atoms. The molecule has 2 aromatic heterocycles. The highest BCUT2D eigenvalue weighted by Crippen LogP contribution is 2.23. The van der Waals surface area contributed by atoms with E-state index in [1.165, 1.54) is 6.07 Å². The van der Waals surface area contributed by atoms with Crippen molar-refractivity contribution < 1.29 is 4.39 Å². The molecule has 2 heterocycles. The van der Waals surface area contributed by atoms with Gasteiger partial charge < -0.3 is 5.73 Å². The van der Waals surface area contributed by atoms with Crippen molar-refractivity contribution in [3.8, 4) is 16.9 Å². The predicted octanol–water partition coefficient (Wildman–Crippen LogP) is 1.99. The van der Waals surface area contributed by atoms with Gasteiger partial charge in [-0.05, 0) is 18.2 Å². The van der Waals surface area contributed by atoms with E-state index >= 15 is 0 Å². The number of anilines is 1. The molecule has 0 aliphatic carbocycles. The molecule has 0 saturated heterocycles. The number of aryl methyl sites for hydroxylation is 1. The fraction of sp³-hybridized carbons (Fsp3) is 0.0769. The van der Waals surface area contributed by atoms with Gasteiger partial charge in [0.05, 0.1) is 30.1 Å². The highest BCUT2D eigenvalue weighted by atomic mass is 19.1. The number of nitrogen functional groups attached to an aromatic ring is 1. The van der Waals surface area contributed by atoms with Crippen LogP contribution in [0, 0.1) is 5.82 Å². The SMILES string of the molecule is Cn1cc(-c2cncn2-c2ccc(F)c(N)c2)cn1. The van der Waals surface area contributed by atoms with Crippen molar-refractivity contribution in [3.05, 3.63) is 48.9 Å². The zero-order valence-corrected chi connectivity index (χ0v) is 10.3. The van der Waals surface area contributed by atoms with Gasteiger partial charge in [0.15, 0.2) is 0 Å². The predicted molar refractivity (Wildman–Crippen MR) is 70.1 cm³/mol. The fourth-order valence-electron chi connectivity index (χ4n) is 1.95. The summed E-state index contributed by atoms with van der Waals surface area (Å²) in [6.07, 6.45) is 7.03. The number of hydrogen-bond acceptors (Lipinski definition) is 3. The molecule has 0 unspecified atom stereocenters. The van der Waals surface area contributed by atoms with Gasteiger partial charge >= 0.3 is 0 Å². The van der Waals surface area contributed by atoms with Gasteiger partial charge in [-0.2, -0.15) is 5.10 Å². The first kappa shape index (κ1) is 11.5. The molecule has 5 nitrogen and oxygen atoms in total. The third-order valence-corrected chi connectivity index (χ3v) is 2.90. The van der Waals surface area contributed by atoms with E-state index in [9.17, 15) is 4.39 Å². The van der Waals surface area contributed by atoms with Crippen LogP contribution in [0.25, 0.3) is 16.9 Å². The third-order valence-electron chi connectivity index (χ3n) is 2.90. The second-order valence-electron chi connectivity index (χ2n) is 4.26. The van der Waals surface area contributed by atoms with Crippen molar-refractivity contribution >= 4 is 5.69 Å². The number of nitrogens with two attached hydrogens (primary N) is 1. The van der Waals surface area contributed by atoms with Gasteiger partial charge in [-0.15, -0.1) is 0 Å². The largest absolute Gasteiger partial charge is 0.396 e. The molecule has 0 bridgehead atoms. The van der Waals surface area contributed by atoms with Crippen molar-refractivity contribution in [1.29, 1.82) is 0 Å². The highest BCUT2D eigenvalue weighted by molar-refractivity contribution is 5.61. The van der Waals surface area contributed by atoms with E-state index in [0.29, 0.717) is 0 Å². The minimum atomic E-state index is -0.424. The number of rotatable bonds is 2. The average molecular weight is 257 g/mol. The molecule has 0 aliphatic rings. The summed E-state index contributed by atoms with van der Waals surface area (Å²) in [5, 5.41) is 4.13. The molecule has 96 valence electrons. The Morgan fingerprint density at radius 3 is 2.79 bits per heavy atom. The van der Waals surface area contributed by atoms with Crippen LogP contribution in [-0.4, -0.2) is 19.3 Å². The number of nitrogens with zero attached hydrogens (tertiary/aromatic N) is 4. The summed E-state index contributed by atoms with van der Waals surface area (Å²) < 4.78 is 16.8. The van der Waals surface area contributed by atoms with Crippen LogP contribution in [0.15, 0.2) is 43.1 Å². The quantitative estimate of drug-likeness (QED) is 0.714. The molecule has 6 heteroatoms. The van der Waals surface area contributed by atoms with Crippen LogP contribution in [0.1, 0.15) is 0 Å². The summed E-state index contributed by atoms with van der Waals surface area (Å²) >= 11 is 0. The minimum Gasteiger partial charge on any atom is -0.396 e. The van der Waals surface area contributed by atoms with E-state index < -0.39 is 5.82 Å². The molecule has 0 spiro atoms. The Morgan fingerprint density at radius 2 is 2.11 bits per heavy atom. The first-order chi connectivity index (χ1) is 9.15. The summed E-state index contributed by atoms with van der Waals surface area (Å²) in [6, 6.07) is 4.59. The van der Waals surface area contributed by atoms with Crippen molar-refractivity contribution in [3.63, 3.8) is 0 Å². The van der Waals surface area contributed by atoms with E-state index in [4.69, 9.17) is 5.73 Å². The summed E-state index contributed by atoms with van der Waals surface area (Å²) in [4.78, 5) is 4.13. The summed E-state index contributed by atoms with van der Waals surface area (Å²) in [6.45, 7) is 0. The van der Waals surface area contributed by atoms with Gasteiger partial charge in [0.2, 0.25) is 0 Å². The second-order valence-corrected chi connectivity index (χ2v) is 4.26. The van der Waals surface area contributed by atoms with Crippen LogP contribution >= 0.6 is 0 Å². The van der Waals surface area contributed by atoms with Crippen LogP contribution in [0.3, 0.4) is 0 Å². The van der Waals surface area contributed by atoms with Gasteiger partial charge in [-0.3, -0.25) is 9.25 Å². The smallest absolute Gasteiger partial charge is 0.146 e. The lowest BCUT2D eigenvalue weighted by molar-refractivity contribution is 0.632. The number of aromatic nitrogens is 4. The Morgan fingerprint density at radius 1 is 1.26 bits per heavy atom. The standard InChI is InChI=1S/C13H12FN5/c1-18-7-9(5-17-18)13-6-16-8-19(13)10-2-3-11(14)12(15)4-10/h2-8H,15H2,1H3. The number of halogens is 1. The van der Waals surface area contributed by atoms with Crippen molar-refractivity contribution in [2.45, 2.75) is 0 Å². The zero-order valence-electron chi connectivity index (χ0n) is 10.3. The monoisotopic (exact) mass is 257 g/mol. The summed E-state index contributed by atoms with van der Waals surface area (Å²) in [5.41, 5.74) is 8.28. The average Bonchev–Trinajstić information content (AvgIpc) is 3.00. The maximum Gasteiger partial charge on any atom is 0.146 e. The Balaban J connectivity index is 2.11. The van der Waals surface area contributed by atoms with Crippen molar-refractivity contribution in [1.82, 2.24) is 19.3 Å². The van der Waals surface area contributed by atoms with Gasteiger partial charge in [0.25, 0.3) is 0 Å². The number of benzene rings is 1. The second kappa shape index (κ2) is 4.24. The molecule has 0 aliphatic heterocycles. The normalized spacial score (nSPS) is 10.8. The molecule has 3 rings (SSSR count). The van der Waals surface area contributed by atoms with Crippen molar-refractivity contribution in [2.24, 2.45) is 7.05 Å². The van der Waals surface area contributed by atoms with E-state index in [0.717, 1.165) is 16.9 Å². The highest BCUT2D eigenvalue weighted by Gasteiger charge is 2.09. The first-order valence-electron chi connectivity index (χ1n) is 5.72. The Hall–Kier alpha value is -2.63. The number of imidazole rings is 1. The van der Waals surface area contributed by atoms with Crippen LogP contribution in [0.2, 0.25) is 0 Å². The minimum absolute atomic E-state index is 0.114. The topological polar surface area (TPSA) is 61.7 Å². The number of hydrogen-bond donors (Lipinski definition) is 1. The van der Waals surface area contributed by atoms with Crippen LogP contribution in [0.4, 0.5) is 10.1 Å². The maximum atomic E-state index is 13.2. The Bertz CT molecular complexity index is 728. The van der Waals surface area contributed by atoms with E-state index in [1.54, 1.807) is 35.5 Å². The van der Waals surface area contributed by atoms with E-state index in [-0.39, 0.29) is 5.69 Å². The zero-order chi connectivity index (χ0) is 13.4. The summed E-state index contributed by atoms with van der Waals surface area (Å²) in [7, 11) is 1.85. The van der Waals surface area contributed by atoms with Crippen LogP contribution in [-0.2, 0) is 7.05 Å². The van der Waals surface area contributed by atoms with Gasteiger partial charge in [-0.25, -0.2) is 9.37 Å². The lowest BCUT2D eigenvalue weighted by atomic mass is 10.2. The first-order valence-corrected chi connectivity index (χ1v) is 5.72. The molecule has 0 radical (unpaired) electrons. The molecule has 0 fully saturated rings. The van der Waals surface area contributed by atoms with Crippen LogP contribution < -0.4 is 5.73 Å². The molecule has 0 atom stereocenters. The molecule has 3 aromatic rings. The van der Waals surface area contributed by atoms with Crippen LogP contribution in [0.5, 0.6) is 0 Å². The third kappa shape index (κ3) is 1.97. The Labute approximate surface area is 109 Å². The molecule has 0 amide bonds. The Kier molecular flexibility index (Phi) is 2.56. The van der Waals surface area contributed by atoms with Gasteiger partial charge in [0, 0.05) is 24.5 Å². The molecule has 2 N–H and O–H groups in total. The molecule has 0 saturated carbocycles. The fourth-order valence-corrected chi connectivity index (χ4v) is 1.95. The lowest BCUT2D eigenvalue weighted by Gasteiger charge is -2.08. The maximum absolute atomic E-state index is 13.2. The summed E-state index contributed by atoms with van der Waals surface area (Å²) in [5.74, 6) is -0.424. The van der Waals surface area contributed by atoms with Gasteiger partial charge in [-0.1, -0.05) is 0 Å². The molecule has 1 aromatic carbocycles. The van der Waals surface area contributed by atoms with Crippen molar-refractivity contribution in [2.75, 3.05) is 5.73 Å².